The van der Waals surface area contributed by atoms with Crippen LogP contribution in [0.5, 0.6) is 0 Å². The lowest BCUT2D eigenvalue weighted by molar-refractivity contribution is -0.144. The standard InChI is InChI=1S/C18H33N3O3.CH2O2/c1-21-15-17(23)24-14-12-10-8-6-4-2-3-5-7-9-11-13-16(22)20-18(21)19;2-1-3/h2-15H2,1H3,(H2,19,20,22);1H,(H,2,3)/i1D3;. The molecule has 1 amide bonds. The summed E-state index contributed by atoms with van der Waals surface area (Å²) in [5.41, 5.74) is 0. The fourth-order valence-corrected chi connectivity index (χ4v) is 2.68. The average molecular weight is 389 g/mol. The maximum Gasteiger partial charge on any atom is 0.325 e. The van der Waals surface area contributed by atoms with Gasteiger partial charge < -0.3 is 14.7 Å². The Morgan fingerprint density at radius 1 is 1.04 bits per heavy atom. The molecule has 0 spiro atoms. The molecule has 0 atom stereocenters. The van der Waals surface area contributed by atoms with Crippen molar-refractivity contribution in [2.75, 3.05) is 20.1 Å². The summed E-state index contributed by atoms with van der Waals surface area (Å²) < 4.78 is 27.6. The van der Waals surface area contributed by atoms with E-state index in [2.05, 4.69) is 5.32 Å². The number of likely N-dealkylation sites (N-methyl/N-ethyl adjacent to an activating group) is 1. The van der Waals surface area contributed by atoms with Gasteiger partial charge in [-0.05, 0) is 12.8 Å². The molecule has 1 saturated heterocycles. The van der Waals surface area contributed by atoms with Gasteiger partial charge in [0.25, 0.3) is 6.47 Å². The van der Waals surface area contributed by atoms with Crippen LogP contribution in [0.2, 0.25) is 0 Å². The first kappa shape index (κ1) is 19.6. The van der Waals surface area contributed by atoms with Crippen LogP contribution in [-0.4, -0.2) is 54.4 Å². The molecule has 3 N–H and O–H groups in total. The van der Waals surface area contributed by atoms with Crippen molar-refractivity contribution in [3.63, 3.8) is 0 Å². The molecule has 0 aromatic rings. The van der Waals surface area contributed by atoms with Crippen LogP contribution in [0, 0.1) is 5.41 Å². The highest BCUT2D eigenvalue weighted by Gasteiger charge is 2.13. The summed E-state index contributed by atoms with van der Waals surface area (Å²) in [5, 5.41) is 17.0. The van der Waals surface area contributed by atoms with E-state index >= 15 is 0 Å². The number of ether oxygens (including phenoxy) is 1. The number of cyclic esters (lactones) is 1. The molecule has 156 valence electrons. The molecule has 0 saturated carbocycles. The first-order valence-electron chi connectivity index (χ1n) is 11.1. The molecule has 1 heterocycles. The molecular formula is C19H35N3O5. The maximum atomic E-state index is 11.9. The van der Waals surface area contributed by atoms with E-state index in [0.717, 1.165) is 32.1 Å². The van der Waals surface area contributed by atoms with Crippen LogP contribution in [0.3, 0.4) is 0 Å². The van der Waals surface area contributed by atoms with Gasteiger partial charge in [-0.15, -0.1) is 0 Å². The Bertz CT molecular complexity index is 530. The summed E-state index contributed by atoms with van der Waals surface area (Å²) in [6.45, 7) is -3.30. The van der Waals surface area contributed by atoms with Crippen molar-refractivity contribution in [1.82, 2.24) is 10.2 Å². The molecule has 0 aliphatic carbocycles. The number of nitrogens with zero attached hydrogens (tertiary/aromatic N) is 1. The minimum absolute atomic E-state index is 0.238. The highest BCUT2D eigenvalue weighted by atomic mass is 16.5. The normalized spacial score (nSPS) is 21.9. The van der Waals surface area contributed by atoms with Crippen molar-refractivity contribution in [2.45, 2.75) is 77.0 Å². The Hall–Kier alpha value is -2.12. The lowest BCUT2D eigenvalue weighted by Crippen LogP contribution is -2.43. The number of guanidine groups is 1. The van der Waals surface area contributed by atoms with E-state index in [0.29, 0.717) is 11.3 Å². The van der Waals surface area contributed by atoms with E-state index in [4.69, 9.17) is 24.2 Å². The predicted octanol–water partition coefficient (Wildman–Crippen LogP) is 2.91. The number of nitrogens with one attached hydrogen (secondary N) is 2. The van der Waals surface area contributed by atoms with Gasteiger partial charge in [0, 0.05) is 17.5 Å². The smallest absolute Gasteiger partial charge is 0.325 e. The maximum absolute atomic E-state index is 11.9. The van der Waals surface area contributed by atoms with Crippen molar-refractivity contribution in [1.29, 1.82) is 5.41 Å². The third-order valence-corrected chi connectivity index (χ3v) is 4.13. The summed E-state index contributed by atoms with van der Waals surface area (Å²) in [5.74, 6) is -1.71. The number of amides is 1. The topological polar surface area (TPSA) is 120 Å². The van der Waals surface area contributed by atoms with Crippen molar-refractivity contribution >= 4 is 24.3 Å². The van der Waals surface area contributed by atoms with E-state index in [1.165, 1.54) is 32.1 Å². The summed E-state index contributed by atoms with van der Waals surface area (Å²) in [4.78, 5) is 32.8. The Morgan fingerprint density at radius 2 is 1.52 bits per heavy atom. The number of esters is 1. The molecule has 0 aromatic carbocycles. The van der Waals surface area contributed by atoms with Crippen LogP contribution in [0.25, 0.3) is 0 Å². The first-order valence-corrected chi connectivity index (χ1v) is 9.62. The minimum atomic E-state index is -2.71. The predicted molar refractivity (Wildman–Crippen MR) is 104 cm³/mol. The van der Waals surface area contributed by atoms with E-state index in [1.54, 1.807) is 0 Å². The second-order valence-corrected chi connectivity index (χ2v) is 6.45. The van der Waals surface area contributed by atoms with Crippen LogP contribution in [0.15, 0.2) is 0 Å². The van der Waals surface area contributed by atoms with Gasteiger partial charge in [-0.2, -0.15) is 0 Å². The highest BCUT2D eigenvalue weighted by Crippen LogP contribution is 2.12. The van der Waals surface area contributed by atoms with Crippen LogP contribution >= 0.6 is 0 Å². The van der Waals surface area contributed by atoms with E-state index in [9.17, 15) is 9.59 Å². The summed E-state index contributed by atoms with van der Waals surface area (Å²) in [7, 11) is 0. The second kappa shape index (κ2) is 17.3. The third-order valence-electron chi connectivity index (χ3n) is 4.13. The number of hydrogen-bond acceptors (Lipinski definition) is 5. The highest BCUT2D eigenvalue weighted by molar-refractivity contribution is 5.96. The minimum Gasteiger partial charge on any atom is -0.483 e. The van der Waals surface area contributed by atoms with E-state index in [-0.39, 0.29) is 19.5 Å². The molecule has 0 aromatic heterocycles. The van der Waals surface area contributed by atoms with Gasteiger partial charge in [0.15, 0.2) is 5.96 Å². The molecule has 1 aliphatic rings. The number of carbonyl (C=O) groups is 3. The Morgan fingerprint density at radius 3 is 2.04 bits per heavy atom. The molecule has 1 fully saturated rings. The van der Waals surface area contributed by atoms with Gasteiger partial charge in [0.1, 0.15) is 6.54 Å². The molecule has 1 rings (SSSR count). The number of hydrogen-bond donors (Lipinski definition) is 3. The molecular weight excluding hydrogens is 350 g/mol. The Labute approximate surface area is 166 Å². The quantitative estimate of drug-likeness (QED) is 0.433. The lowest BCUT2D eigenvalue weighted by atomic mass is 10.1. The molecule has 0 unspecified atom stereocenters. The third kappa shape index (κ3) is 15.8. The van der Waals surface area contributed by atoms with E-state index in [1.807, 2.05) is 0 Å². The lowest BCUT2D eigenvalue weighted by Gasteiger charge is -2.19. The van der Waals surface area contributed by atoms with Crippen molar-refractivity contribution in [3.8, 4) is 0 Å². The Kier molecular flexibility index (Phi) is 12.6. The van der Waals surface area contributed by atoms with Gasteiger partial charge in [-0.25, -0.2) is 0 Å². The van der Waals surface area contributed by atoms with Crippen molar-refractivity contribution < 1.29 is 28.3 Å². The zero-order valence-corrected chi connectivity index (χ0v) is 16.0. The van der Waals surface area contributed by atoms with Crippen LogP contribution in [0.4, 0.5) is 0 Å². The molecule has 0 radical (unpaired) electrons. The molecule has 27 heavy (non-hydrogen) atoms. The van der Waals surface area contributed by atoms with Crippen LogP contribution in [0.1, 0.15) is 81.2 Å². The van der Waals surface area contributed by atoms with E-state index < -0.39 is 31.4 Å². The Balaban J connectivity index is 0.00000263. The first-order chi connectivity index (χ1) is 14.2. The monoisotopic (exact) mass is 388 g/mol. The van der Waals surface area contributed by atoms with Gasteiger partial charge in [-0.3, -0.25) is 25.1 Å². The number of rotatable bonds is 0. The molecule has 1 aliphatic heterocycles. The fourth-order valence-electron chi connectivity index (χ4n) is 2.68. The fraction of sp³-hybridized carbons (Fsp3) is 0.789. The number of carbonyl (C=O) groups excluding carboxylic acids is 2. The number of carboxylic acid groups (broad SMARTS) is 1. The van der Waals surface area contributed by atoms with Gasteiger partial charge in [-0.1, -0.05) is 57.8 Å². The molecule has 8 heteroatoms. The van der Waals surface area contributed by atoms with Gasteiger partial charge >= 0.3 is 5.97 Å². The average Bonchev–Trinajstić information content (AvgIpc) is 2.65. The summed E-state index contributed by atoms with van der Waals surface area (Å²) in [6.07, 6.45) is 11.8. The van der Waals surface area contributed by atoms with Gasteiger partial charge in [0.05, 0.1) is 6.61 Å². The van der Waals surface area contributed by atoms with Crippen molar-refractivity contribution in [2.24, 2.45) is 0 Å². The summed E-state index contributed by atoms with van der Waals surface area (Å²) in [6, 6.07) is 0. The van der Waals surface area contributed by atoms with Gasteiger partial charge in [0.2, 0.25) is 5.91 Å². The second-order valence-electron chi connectivity index (χ2n) is 6.45. The molecule has 0 bridgehead atoms. The zero-order chi connectivity index (χ0) is 22.8. The molecule has 8 nitrogen and oxygen atoms in total. The van der Waals surface area contributed by atoms with Crippen LogP contribution < -0.4 is 5.32 Å². The van der Waals surface area contributed by atoms with Crippen molar-refractivity contribution in [3.05, 3.63) is 0 Å². The van der Waals surface area contributed by atoms with Crippen LogP contribution in [-0.2, 0) is 19.1 Å². The zero-order valence-electron chi connectivity index (χ0n) is 19.0. The SMILES string of the molecule is O=CO.[2H]C([2H])([2H])N1CC(=O)OCCCCCCCCCCCCCC(=O)NC1=N. The largest absolute Gasteiger partial charge is 0.483 e. The summed E-state index contributed by atoms with van der Waals surface area (Å²) >= 11 is 0.